The first-order chi connectivity index (χ1) is 11.6. The molecule has 0 heterocycles. The van der Waals surface area contributed by atoms with Gasteiger partial charge in [0.15, 0.2) is 0 Å². The zero-order chi connectivity index (χ0) is 16.9. The minimum atomic E-state index is -0.247. The van der Waals surface area contributed by atoms with E-state index in [4.69, 9.17) is 0 Å². The highest BCUT2D eigenvalue weighted by Crippen LogP contribution is 2.40. The number of likely N-dealkylation sites (N-methyl/N-ethyl adjacent to an activating group) is 1. The summed E-state index contributed by atoms with van der Waals surface area (Å²) in [4.78, 5) is 14.3. The number of nitrogens with one attached hydrogen (secondary N) is 1. The molecule has 1 aliphatic rings. The van der Waals surface area contributed by atoms with Crippen LogP contribution in [0.2, 0.25) is 0 Å². The summed E-state index contributed by atoms with van der Waals surface area (Å²) in [6, 6.07) is 16.7. The molecule has 4 heteroatoms. The zero-order valence-electron chi connectivity index (χ0n) is 13.9. The van der Waals surface area contributed by atoms with Gasteiger partial charge in [-0.05, 0) is 49.1 Å². The van der Waals surface area contributed by atoms with E-state index in [1.54, 1.807) is 6.07 Å². The molecule has 0 spiro atoms. The highest BCUT2D eigenvalue weighted by atomic mass is 19.1. The van der Waals surface area contributed by atoms with Crippen molar-refractivity contribution in [2.75, 3.05) is 13.6 Å². The molecular formula is C20H23FN2O. The van der Waals surface area contributed by atoms with Gasteiger partial charge >= 0.3 is 0 Å². The van der Waals surface area contributed by atoms with E-state index in [9.17, 15) is 9.18 Å². The Kier molecular flexibility index (Phi) is 5.26. The second kappa shape index (κ2) is 7.58. The summed E-state index contributed by atoms with van der Waals surface area (Å²) in [5.41, 5.74) is 2.04. The van der Waals surface area contributed by atoms with Crippen molar-refractivity contribution < 1.29 is 9.18 Å². The molecular weight excluding hydrogens is 303 g/mol. The molecule has 0 aliphatic heterocycles. The lowest BCUT2D eigenvalue weighted by molar-refractivity contribution is -0.123. The fourth-order valence-corrected chi connectivity index (χ4v) is 3.03. The van der Waals surface area contributed by atoms with E-state index in [1.807, 2.05) is 36.2 Å². The van der Waals surface area contributed by atoms with Crippen molar-refractivity contribution in [2.45, 2.75) is 25.4 Å². The summed E-state index contributed by atoms with van der Waals surface area (Å²) < 4.78 is 13.2. The molecule has 0 radical (unpaired) electrons. The van der Waals surface area contributed by atoms with E-state index in [0.717, 1.165) is 5.56 Å². The fraction of sp³-hybridized carbons (Fsp3) is 0.350. The Morgan fingerprint density at radius 1 is 1.21 bits per heavy atom. The lowest BCUT2D eigenvalue weighted by Gasteiger charge is -2.22. The molecule has 1 amide bonds. The van der Waals surface area contributed by atoms with Crippen molar-refractivity contribution in [3.05, 3.63) is 71.5 Å². The summed E-state index contributed by atoms with van der Waals surface area (Å²) in [6.07, 6.45) is 2.33. The van der Waals surface area contributed by atoms with Gasteiger partial charge in [0.2, 0.25) is 5.91 Å². The maximum Gasteiger partial charge on any atom is 0.234 e. The summed E-state index contributed by atoms with van der Waals surface area (Å²) in [5, 5.41) is 3.17. The normalized spacial score (nSPS) is 15.3. The first-order valence-electron chi connectivity index (χ1n) is 8.39. The molecule has 1 saturated carbocycles. The highest BCUT2D eigenvalue weighted by Gasteiger charge is 2.33. The van der Waals surface area contributed by atoms with Crippen molar-refractivity contribution >= 4 is 5.91 Å². The van der Waals surface area contributed by atoms with Gasteiger partial charge in [0.25, 0.3) is 0 Å². The van der Waals surface area contributed by atoms with Gasteiger partial charge in [-0.15, -0.1) is 0 Å². The molecule has 0 bridgehead atoms. The van der Waals surface area contributed by atoms with E-state index in [-0.39, 0.29) is 17.8 Å². The Hall–Kier alpha value is -2.20. The van der Waals surface area contributed by atoms with Crippen molar-refractivity contribution in [2.24, 2.45) is 5.92 Å². The van der Waals surface area contributed by atoms with Crippen LogP contribution in [-0.4, -0.2) is 24.4 Å². The fourth-order valence-electron chi connectivity index (χ4n) is 3.03. The van der Waals surface area contributed by atoms with E-state index in [0.29, 0.717) is 19.0 Å². The summed E-state index contributed by atoms with van der Waals surface area (Å²) >= 11 is 0. The number of amides is 1. The van der Waals surface area contributed by atoms with Gasteiger partial charge in [-0.3, -0.25) is 9.69 Å². The molecule has 1 fully saturated rings. The monoisotopic (exact) mass is 326 g/mol. The molecule has 3 rings (SSSR count). The second-order valence-electron chi connectivity index (χ2n) is 6.60. The molecule has 0 saturated heterocycles. The molecule has 1 unspecified atom stereocenters. The van der Waals surface area contributed by atoms with Crippen molar-refractivity contribution in [1.29, 1.82) is 0 Å². The number of halogens is 1. The SMILES string of the molecule is CN(CC(=O)NC(c1ccccc1)C1CC1)Cc1cccc(F)c1. The molecule has 0 aromatic heterocycles. The highest BCUT2D eigenvalue weighted by molar-refractivity contribution is 5.78. The van der Waals surface area contributed by atoms with Crippen LogP contribution in [0, 0.1) is 11.7 Å². The van der Waals surface area contributed by atoms with Crippen LogP contribution in [0.1, 0.15) is 30.0 Å². The first-order valence-corrected chi connectivity index (χ1v) is 8.39. The number of hydrogen-bond acceptors (Lipinski definition) is 2. The van der Waals surface area contributed by atoms with Crippen LogP contribution < -0.4 is 5.32 Å². The lowest BCUT2D eigenvalue weighted by atomic mass is 10.0. The summed E-state index contributed by atoms with van der Waals surface area (Å²) in [6.45, 7) is 0.844. The van der Waals surface area contributed by atoms with E-state index in [1.165, 1.54) is 30.5 Å². The predicted molar refractivity (Wildman–Crippen MR) is 92.8 cm³/mol. The van der Waals surface area contributed by atoms with Crippen LogP contribution in [0.3, 0.4) is 0 Å². The minimum Gasteiger partial charge on any atom is -0.348 e. The molecule has 2 aromatic rings. The Morgan fingerprint density at radius 2 is 1.96 bits per heavy atom. The standard InChI is InChI=1S/C20H23FN2O/c1-23(13-15-6-5-9-18(21)12-15)14-19(24)22-20(17-10-11-17)16-7-3-2-4-8-16/h2-9,12,17,20H,10-11,13-14H2,1H3,(H,22,24). The number of rotatable bonds is 7. The summed E-state index contributed by atoms with van der Waals surface area (Å²) in [5.74, 6) is 0.308. The van der Waals surface area contributed by atoms with Crippen molar-refractivity contribution in [1.82, 2.24) is 10.2 Å². The van der Waals surface area contributed by atoms with Gasteiger partial charge in [-0.1, -0.05) is 42.5 Å². The third kappa shape index (κ3) is 4.65. The Morgan fingerprint density at radius 3 is 2.62 bits per heavy atom. The molecule has 1 atom stereocenters. The number of nitrogens with zero attached hydrogens (tertiary/aromatic N) is 1. The molecule has 1 aliphatic carbocycles. The number of hydrogen-bond donors (Lipinski definition) is 1. The first kappa shape index (κ1) is 16.7. The van der Waals surface area contributed by atoms with E-state index in [2.05, 4.69) is 17.4 Å². The minimum absolute atomic E-state index is 0.00894. The van der Waals surface area contributed by atoms with Crippen LogP contribution in [0.4, 0.5) is 4.39 Å². The topological polar surface area (TPSA) is 32.3 Å². The molecule has 1 N–H and O–H groups in total. The maximum atomic E-state index is 13.2. The average molecular weight is 326 g/mol. The smallest absolute Gasteiger partial charge is 0.234 e. The van der Waals surface area contributed by atoms with Crippen LogP contribution >= 0.6 is 0 Å². The van der Waals surface area contributed by atoms with Gasteiger partial charge in [0.05, 0.1) is 12.6 Å². The van der Waals surface area contributed by atoms with Crippen molar-refractivity contribution in [3.8, 4) is 0 Å². The van der Waals surface area contributed by atoms with Gasteiger partial charge in [-0.2, -0.15) is 0 Å². The van der Waals surface area contributed by atoms with Crippen LogP contribution in [0.15, 0.2) is 54.6 Å². The van der Waals surface area contributed by atoms with E-state index < -0.39 is 0 Å². The van der Waals surface area contributed by atoms with Gasteiger partial charge < -0.3 is 5.32 Å². The number of benzene rings is 2. The third-order valence-corrected chi connectivity index (χ3v) is 4.32. The Bertz CT molecular complexity index is 685. The zero-order valence-corrected chi connectivity index (χ0v) is 13.9. The van der Waals surface area contributed by atoms with Crippen LogP contribution in [-0.2, 0) is 11.3 Å². The van der Waals surface area contributed by atoms with Gasteiger partial charge in [0.1, 0.15) is 5.82 Å². The van der Waals surface area contributed by atoms with E-state index >= 15 is 0 Å². The average Bonchev–Trinajstić information content (AvgIpc) is 3.38. The Labute approximate surface area is 142 Å². The van der Waals surface area contributed by atoms with Crippen molar-refractivity contribution in [3.63, 3.8) is 0 Å². The molecule has 24 heavy (non-hydrogen) atoms. The molecule has 126 valence electrons. The molecule has 3 nitrogen and oxygen atoms in total. The van der Waals surface area contributed by atoms with Gasteiger partial charge in [0, 0.05) is 6.54 Å². The predicted octanol–water partition coefficient (Wildman–Crippen LogP) is 3.53. The van der Waals surface area contributed by atoms with Crippen LogP contribution in [0.5, 0.6) is 0 Å². The largest absolute Gasteiger partial charge is 0.348 e. The second-order valence-corrected chi connectivity index (χ2v) is 6.60. The van der Waals surface area contributed by atoms with Crippen LogP contribution in [0.25, 0.3) is 0 Å². The summed E-state index contributed by atoms with van der Waals surface area (Å²) in [7, 11) is 1.87. The maximum absolute atomic E-state index is 13.2. The third-order valence-electron chi connectivity index (χ3n) is 4.32. The quantitative estimate of drug-likeness (QED) is 0.844. The lowest BCUT2D eigenvalue weighted by Crippen LogP contribution is -2.37. The number of carbonyl (C=O) groups is 1. The molecule has 2 aromatic carbocycles. The Balaban J connectivity index is 1.56. The van der Waals surface area contributed by atoms with Gasteiger partial charge in [-0.25, -0.2) is 4.39 Å². The number of carbonyl (C=O) groups excluding carboxylic acids is 1.